The number of carboxylic acid groups (broad SMARTS) is 1. The van der Waals surface area contributed by atoms with Crippen molar-refractivity contribution < 1.29 is 19.0 Å². The van der Waals surface area contributed by atoms with E-state index in [1.54, 1.807) is 19.4 Å². The smallest absolute Gasteiger partial charge is 0.336 e. The lowest BCUT2D eigenvalue weighted by atomic mass is 10.0. The van der Waals surface area contributed by atoms with Gasteiger partial charge < -0.3 is 9.84 Å². The fraction of sp³-hybridized carbons (Fsp3) is 0.0870. The minimum absolute atomic E-state index is 0.0131. The Kier molecular flexibility index (Phi) is 5.01. The van der Waals surface area contributed by atoms with Crippen molar-refractivity contribution in [1.29, 1.82) is 0 Å². The van der Waals surface area contributed by atoms with Crippen molar-refractivity contribution in [2.45, 2.75) is 6.61 Å². The first-order valence-electron chi connectivity index (χ1n) is 8.94. The number of hydrogen-bond donors (Lipinski definition) is 1. The van der Waals surface area contributed by atoms with Gasteiger partial charge in [0.05, 0.1) is 29.1 Å². The summed E-state index contributed by atoms with van der Waals surface area (Å²) in [6, 6.07) is 16.9. The summed E-state index contributed by atoms with van der Waals surface area (Å²) in [5.41, 5.74) is 4.32. The summed E-state index contributed by atoms with van der Waals surface area (Å²) in [7, 11) is 1.65. The summed E-state index contributed by atoms with van der Waals surface area (Å²) in [6.45, 7) is 0.489. The van der Waals surface area contributed by atoms with E-state index in [-0.39, 0.29) is 10.9 Å². The summed E-state index contributed by atoms with van der Waals surface area (Å²) in [5.74, 6) is -1.65. The van der Waals surface area contributed by atoms with Crippen LogP contribution in [0.25, 0.3) is 33.4 Å². The minimum atomic E-state index is -1.14. The van der Waals surface area contributed by atoms with E-state index in [0.29, 0.717) is 23.5 Å². The number of benzene rings is 2. The van der Waals surface area contributed by atoms with Gasteiger partial charge in [0, 0.05) is 24.3 Å². The number of carbonyl (C=O) groups is 1. The van der Waals surface area contributed by atoms with Crippen LogP contribution in [0.2, 0.25) is 0 Å². The Morgan fingerprint density at radius 3 is 2.62 bits per heavy atom. The van der Waals surface area contributed by atoms with Crippen LogP contribution in [-0.4, -0.2) is 28.2 Å². The first-order chi connectivity index (χ1) is 14.1. The molecule has 0 aliphatic heterocycles. The van der Waals surface area contributed by atoms with E-state index in [1.807, 2.05) is 30.3 Å². The molecule has 0 bridgehead atoms. The number of ether oxygens (including phenoxy) is 1. The standard InChI is InChI=1S/C23H17FN2O3/c1-29-13-15-4-2-3-5-17(15)14-6-8-21(25-12-14)22-11-19(23(27)28)18-10-16(24)7-9-20(18)26-22/h2-12H,13H2,1H3,(H,27,28). The van der Waals surface area contributed by atoms with Crippen LogP contribution in [0.15, 0.2) is 66.9 Å². The minimum Gasteiger partial charge on any atom is -0.478 e. The van der Waals surface area contributed by atoms with Crippen molar-refractivity contribution in [2.24, 2.45) is 0 Å². The van der Waals surface area contributed by atoms with Gasteiger partial charge >= 0.3 is 5.97 Å². The lowest BCUT2D eigenvalue weighted by molar-refractivity contribution is 0.0699. The van der Waals surface area contributed by atoms with Crippen molar-refractivity contribution >= 4 is 16.9 Å². The van der Waals surface area contributed by atoms with Gasteiger partial charge in [-0.25, -0.2) is 14.2 Å². The number of methoxy groups -OCH3 is 1. The zero-order valence-corrected chi connectivity index (χ0v) is 15.6. The third-order valence-electron chi connectivity index (χ3n) is 4.66. The van der Waals surface area contributed by atoms with E-state index in [0.717, 1.165) is 16.7 Å². The van der Waals surface area contributed by atoms with Crippen LogP contribution in [-0.2, 0) is 11.3 Å². The molecule has 5 nitrogen and oxygen atoms in total. The molecule has 0 spiro atoms. The highest BCUT2D eigenvalue weighted by Gasteiger charge is 2.15. The molecule has 0 aliphatic rings. The van der Waals surface area contributed by atoms with Crippen LogP contribution >= 0.6 is 0 Å². The Hall–Kier alpha value is -3.64. The third kappa shape index (κ3) is 3.70. The zero-order valence-electron chi connectivity index (χ0n) is 15.6. The maximum absolute atomic E-state index is 13.6. The summed E-state index contributed by atoms with van der Waals surface area (Å²) in [4.78, 5) is 20.6. The molecule has 29 heavy (non-hydrogen) atoms. The van der Waals surface area contributed by atoms with Gasteiger partial charge in [0.25, 0.3) is 0 Å². The van der Waals surface area contributed by atoms with Crippen LogP contribution < -0.4 is 0 Å². The number of aromatic carboxylic acids is 1. The topological polar surface area (TPSA) is 72.3 Å². The molecule has 0 fully saturated rings. The van der Waals surface area contributed by atoms with Gasteiger partial charge in [0.2, 0.25) is 0 Å². The summed E-state index contributed by atoms with van der Waals surface area (Å²) < 4.78 is 18.8. The Balaban J connectivity index is 1.78. The molecular formula is C23H17FN2O3. The molecule has 0 amide bonds. The molecule has 0 radical (unpaired) electrons. The van der Waals surface area contributed by atoms with Crippen molar-refractivity contribution in [3.05, 3.63) is 83.8 Å². The van der Waals surface area contributed by atoms with E-state index in [4.69, 9.17) is 4.74 Å². The Morgan fingerprint density at radius 2 is 1.90 bits per heavy atom. The second kappa shape index (κ2) is 7.77. The number of fused-ring (bicyclic) bond motifs is 1. The number of rotatable bonds is 5. The molecule has 6 heteroatoms. The van der Waals surface area contributed by atoms with Gasteiger partial charge in [-0.15, -0.1) is 0 Å². The average Bonchev–Trinajstić information content (AvgIpc) is 2.74. The Labute approximate surface area is 166 Å². The van der Waals surface area contributed by atoms with Gasteiger partial charge in [-0.2, -0.15) is 0 Å². The van der Waals surface area contributed by atoms with Crippen LogP contribution in [0.4, 0.5) is 4.39 Å². The van der Waals surface area contributed by atoms with Gasteiger partial charge in [0.15, 0.2) is 0 Å². The Morgan fingerprint density at radius 1 is 1.07 bits per heavy atom. The summed E-state index contributed by atoms with van der Waals surface area (Å²) >= 11 is 0. The molecule has 4 rings (SSSR count). The molecule has 0 saturated carbocycles. The molecule has 4 aromatic rings. The normalized spacial score (nSPS) is 11.0. The highest BCUT2D eigenvalue weighted by molar-refractivity contribution is 6.03. The van der Waals surface area contributed by atoms with Gasteiger partial charge in [0.1, 0.15) is 5.82 Å². The highest BCUT2D eigenvalue weighted by Crippen LogP contribution is 2.28. The van der Waals surface area contributed by atoms with E-state index < -0.39 is 11.8 Å². The van der Waals surface area contributed by atoms with Crippen molar-refractivity contribution in [3.63, 3.8) is 0 Å². The molecular weight excluding hydrogens is 371 g/mol. The molecule has 2 aromatic heterocycles. The largest absolute Gasteiger partial charge is 0.478 e. The molecule has 144 valence electrons. The van der Waals surface area contributed by atoms with E-state index in [1.165, 1.54) is 24.3 Å². The van der Waals surface area contributed by atoms with Gasteiger partial charge in [-0.1, -0.05) is 30.3 Å². The second-order valence-electron chi connectivity index (χ2n) is 6.54. The number of halogens is 1. The van der Waals surface area contributed by atoms with Crippen LogP contribution in [0.5, 0.6) is 0 Å². The molecule has 0 unspecified atom stereocenters. The number of hydrogen-bond acceptors (Lipinski definition) is 4. The predicted molar refractivity (Wildman–Crippen MR) is 108 cm³/mol. The third-order valence-corrected chi connectivity index (χ3v) is 4.66. The lowest BCUT2D eigenvalue weighted by Gasteiger charge is -2.10. The fourth-order valence-corrected chi connectivity index (χ4v) is 3.29. The predicted octanol–water partition coefficient (Wildman–Crippen LogP) is 4.95. The zero-order chi connectivity index (χ0) is 20.4. The monoisotopic (exact) mass is 388 g/mol. The molecule has 0 aliphatic carbocycles. The lowest BCUT2D eigenvalue weighted by Crippen LogP contribution is -2.01. The highest BCUT2D eigenvalue weighted by atomic mass is 19.1. The second-order valence-corrected chi connectivity index (χ2v) is 6.54. The molecule has 2 heterocycles. The van der Waals surface area contributed by atoms with Crippen molar-refractivity contribution in [2.75, 3.05) is 7.11 Å². The SMILES string of the molecule is COCc1ccccc1-c1ccc(-c2cc(C(=O)O)c3cc(F)ccc3n2)nc1. The number of nitrogens with zero attached hydrogens (tertiary/aromatic N) is 2. The summed E-state index contributed by atoms with van der Waals surface area (Å²) in [6.07, 6.45) is 1.72. The van der Waals surface area contributed by atoms with E-state index in [9.17, 15) is 14.3 Å². The number of carboxylic acids is 1. The Bertz CT molecular complexity index is 1210. The van der Waals surface area contributed by atoms with Gasteiger partial charge in [-0.05, 0) is 41.5 Å². The van der Waals surface area contributed by atoms with E-state index >= 15 is 0 Å². The number of pyridine rings is 2. The fourth-order valence-electron chi connectivity index (χ4n) is 3.29. The first-order valence-corrected chi connectivity index (χ1v) is 8.94. The molecule has 0 saturated heterocycles. The number of aromatic nitrogens is 2. The maximum Gasteiger partial charge on any atom is 0.336 e. The van der Waals surface area contributed by atoms with Crippen molar-refractivity contribution in [3.8, 4) is 22.5 Å². The molecule has 0 atom stereocenters. The van der Waals surface area contributed by atoms with Crippen LogP contribution in [0, 0.1) is 5.82 Å². The maximum atomic E-state index is 13.6. The van der Waals surface area contributed by atoms with Gasteiger partial charge in [-0.3, -0.25) is 4.98 Å². The first kappa shape index (κ1) is 18.7. The average molecular weight is 388 g/mol. The van der Waals surface area contributed by atoms with E-state index in [2.05, 4.69) is 9.97 Å². The summed E-state index contributed by atoms with van der Waals surface area (Å²) in [5, 5.41) is 9.79. The van der Waals surface area contributed by atoms with Crippen molar-refractivity contribution in [1.82, 2.24) is 9.97 Å². The van der Waals surface area contributed by atoms with Crippen LogP contribution in [0.3, 0.4) is 0 Å². The molecule has 2 aromatic carbocycles. The quantitative estimate of drug-likeness (QED) is 0.524. The molecule has 1 N–H and O–H groups in total. The van der Waals surface area contributed by atoms with Crippen LogP contribution in [0.1, 0.15) is 15.9 Å².